The fraction of sp³-hybridized carbons (Fsp3) is 0.286. The lowest BCUT2D eigenvalue weighted by Crippen LogP contribution is -2.13. The Balaban J connectivity index is 2.85. The number of hydrogen-bond acceptors (Lipinski definition) is 4. The van der Waals surface area contributed by atoms with Gasteiger partial charge in [0, 0.05) is 0 Å². The molecule has 0 N–H and O–H groups in total. The standard InChI is InChI=1S/C14H16O4/c1-10(2)8-9-18-14(16)12-7-5-4-6-11(12)13(15)17-3/h4-8H,9H2,1-3H3. The van der Waals surface area contributed by atoms with Crippen molar-refractivity contribution >= 4 is 11.9 Å². The molecule has 0 bridgehead atoms. The first-order chi connectivity index (χ1) is 8.56. The Morgan fingerprint density at radius 3 is 2.17 bits per heavy atom. The number of carbonyl (C=O) groups is 2. The molecule has 18 heavy (non-hydrogen) atoms. The fourth-order valence-corrected chi connectivity index (χ4v) is 1.31. The maximum absolute atomic E-state index is 11.8. The highest BCUT2D eigenvalue weighted by atomic mass is 16.5. The first-order valence-corrected chi connectivity index (χ1v) is 5.54. The predicted molar refractivity (Wildman–Crippen MR) is 67.5 cm³/mol. The van der Waals surface area contributed by atoms with Crippen molar-refractivity contribution < 1.29 is 19.1 Å². The molecule has 0 radical (unpaired) electrons. The molecule has 0 fully saturated rings. The number of benzene rings is 1. The lowest BCUT2D eigenvalue weighted by molar-refractivity contribution is 0.0522. The molecule has 0 amide bonds. The highest BCUT2D eigenvalue weighted by Crippen LogP contribution is 2.11. The Kier molecular flexibility index (Phi) is 5.11. The van der Waals surface area contributed by atoms with Gasteiger partial charge in [0.2, 0.25) is 0 Å². The van der Waals surface area contributed by atoms with Crippen LogP contribution in [0.25, 0.3) is 0 Å². The minimum atomic E-state index is -0.551. The van der Waals surface area contributed by atoms with Gasteiger partial charge in [-0.1, -0.05) is 17.7 Å². The highest BCUT2D eigenvalue weighted by molar-refractivity contribution is 6.03. The van der Waals surface area contributed by atoms with Crippen molar-refractivity contribution in [2.24, 2.45) is 0 Å². The zero-order valence-electron chi connectivity index (χ0n) is 10.7. The average Bonchev–Trinajstić information content (AvgIpc) is 2.37. The molecule has 0 spiro atoms. The van der Waals surface area contributed by atoms with Crippen molar-refractivity contribution in [1.82, 2.24) is 0 Å². The van der Waals surface area contributed by atoms with Gasteiger partial charge in [0.1, 0.15) is 6.61 Å². The van der Waals surface area contributed by atoms with E-state index in [1.54, 1.807) is 18.2 Å². The van der Waals surface area contributed by atoms with Crippen molar-refractivity contribution in [1.29, 1.82) is 0 Å². The number of allylic oxidation sites excluding steroid dienone is 1. The predicted octanol–water partition coefficient (Wildman–Crippen LogP) is 2.60. The molecule has 96 valence electrons. The molecule has 0 aliphatic rings. The first kappa shape index (κ1) is 14.0. The van der Waals surface area contributed by atoms with E-state index in [0.717, 1.165) is 5.57 Å². The van der Waals surface area contributed by atoms with Crippen LogP contribution < -0.4 is 0 Å². The van der Waals surface area contributed by atoms with Gasteiger partial charge in [-0.05, 0) is 32.1 Å². The first-order valence-electron chi connectivity index (χ1n) is 5.54. The van der Waals surface area contributed by atoms with Gasteiger partial charge in [-0.3, -0.25) is 0 Å². The maximum Gasteiger partial charge on any atom is 0.339 e. The molecule has 1 rings (SSSR count). The third kappa shape index (κ3) is 3.73. The Morgan fingerprint density at radius 1 is 1.11 bits per heavy atom. The van der Waals surface area contributed by atoms with Gasteiger partial charge in [-0.15, -0.1) is 0 Å². The Morgan fingerprint density at radius 2 is 1.67 bits per heavy atom. The maximum atomic E-state index is 11.8. The van der Waals surface area contributed by atoms with E-state index in [2.05, 4.69) is 4.74 Å². The second-order valence-corrected chi connectivity index (χ2v) is 3.92. The lowest BCUT2D eigenvalue weighted by atomic mass is 10.1. The van der Waals surface area contributed by atoms with Crippen LogP contribution in [-0.2, 0) is 9.47 Å². The van der Waals surface area contributed by atoms with Crippen LogP contribution >= 0.6 is 0 Å². The Hall–Kier alpha value is -2.10. The fourth-order valence-electron chi connectivity index (χ4n) is 1.31. The second-order valence-electron chi connectivity index (χ2n) is 3.92. The quantitative estimate of drug-likeness (QED) is 0.607. The molecular formula is C14H16O4. The number of ether oxygens (including phenoxy) is 2. The molecule has 0 aliphatic carbocycles. The van der Waals surface area contributed by atoms with E-state index in [4.69, 9.17) is 4.74 Å². The Labute approximate surface area is 106 Å². The van der Waals surface area contributed by atoms with Crippen molar-refractivity contribution in [3.8, 4) is 0 Å². The molecule has 4 heteroatoms. The van der Waals surface area contributed by atoms with Crippen molar-refractivity contribution in [3.05, 3.63) is 47.0 Å². The molecular weight excluding hydrogens is 232 g/mol. The average molecular weight is 248 g/mol. The van der Waals surface area contributed by atoms with Crippen LogP contribution in [-0.4, -0.2) is 25.7 Å². The normalized spacial score (nSPS) is 9.50. The molecule has 1 aromatic carbocycles. The van der Waals surface area contributed by atoms with Crippen LogP contribution in [0.3, 0.4) is 0 Å². The second kappa shape index (κ2) is 6.59. The largest absolute Gasteiger partial charge is 0.465 e. The minimum Gasteiger partial charge on any atom is -0.465 e. The van der Waals surface area contributed by atoms with Crippen LogP contribution in [0.4, 0.5) is 0 Å². The van der Waals surface area contributed by atoms with E-state index in [-0.39, 0.29) is 17.7 Å². The van der Waals surface area contributed by atoms with Crippen molar-refractivity contribution in [3.63, 3.8) is 0 Å². The van der Waals surface area contributed by atoms with Gasteiger partial charge < -0.3 is 9.47 Å². The smallest absolute Gasteiger partial charge is 0.339 e. The molecule has 0 atom stereocenters. The summed E-state index contributed by atoms with van der Waals surface area (Å²) < 4.78 is 9.66. The summed E-state index contributed by atoms with van der Waals surface area (Å²) in [6.45, 7) is 4.02. The monoisotopic (exact) mass is 248 g/mol. The SMILES string of the molecule is COC(=O)c1ccccc1C(=O)OCC=C(C)C. The zero-order valence-corrected chi connectivity index (χ0v) is 10.7. The topological polar surface area (TPSA) is 52.6 Å². The summed E-state index contributed by atoms with van der Waals surface area (Å²) in [5.74, 6) is -1.08. The number of methoxy groups -OCH3 is 1. The third-order valence-electron chi connectivity index (χ3n) is 2.26. The lowest BCUT2D eigenvalue weighted by Gasteiger charge is -2.07. The van der Waals surface area contributed by atoms with Gasteiger partial charge in [0.05, 0.1) is 18.2 Å². The van der Waals surface area contributed by atoms with Crippen LogP contribution in [0.5, 0.6) is 0 Å². The third-order valence-corrected chi connectivity index (χ3v) is 2.26. The summed E-state index contributed by atoms with van der Waals surface area (Å²) in [4.78, 5) is 23.3. The van der Waals surface area contributed by atoms with Gasteiger partial charge >= 0.3 is 11.9 Å². The van der Waals surface area contributed by atoms with Gasteiger partial charge in [0.15, 0.2) is 0 Å². The molecule has 0 heterocycles. The molecule has 0 aromatic heterocycles. The molecule has 4 nitrogen and oxygen atoms in total. The summed E-state index contributed by atoms with van der Waals surface area (Å²) in [5, 5.41) is 0. The van der Waals surface area contributed by atoms with E-state index in [1.807, 2.05) is 13.8 Å². The summed E-state index contributed by atoms with van der Waals surface area (Å²) in [5.41, 5.74) is 1.48. The van der Waals surface area contributed by atoms with Crippen LogP contribution in [0, 0.1) is 0 Å². The van der Waals surface area contributed by atoms with Crippen LogP contribution in [0.15, 0.2) is 35.9 Å². The van der Waals surface area contributed by atoms with Crippen molar-refractivity contribution in [2.75, 3.05) is 13.7 Å². The van der Waals surface area contributed by atoms with E-state index >= 15 is 0 Å². The van der Waals surface area contributed by atoms with Gasteiger partial charge in [-0.2, -0.15) is 0 Å². The summed E-state index contributed by atoms with van der Waals surface area (Å²) in [6.07, 6.45) is 1.79. The van der Waals surface area contributed by atoms with Gasteiger partial charge in [-0.25, -0.2) is 9.59 Å². The molecule has 0 saturated heterocycles. The molecule has 0 aliphatic heterocycles. The number of carbonyl (C=O) groups excluding carboxylic acids is 2. The number of rotatable bonds is 4. The van der Waals surface area contributed by atoms with Crippen LogP contribution in [0.1, 0.15) is 34.6 Å². The summed E-state index contributed by atoms with van der Waals surface area (Å²) in [7, 11) is 1.27. The van der Waals surface area contributed by atoms with E-state index < -0.39 is 11.9 Å². The number of hydrogen-bond donors (Lipinski definition) is 0. The summed E-state index contributed by atoms with van der Waals surface area (Å²) in [6, 6.07) is 6.41. The highest BCUT2D eigenvalue weighted by Gasteiger charge is 2.17. The van der Waals surface area contributed by atoms with E-state index in [1.165, 1.54) is 19.2 Å². The minimum absolute atomic E-state index is 0.191. The Bertz CT molecular complexity index is 470. The van der Waals surface area contributed by atoms with Crippen molar-refractivity contribution in [2.45, 2.75) is 13.8 Å². The molecule has 1 aromatic rings. The number of esters is 2. The van der Waals surface area contributed by atoms with E-state index in [9.17, 15) is 9.59 Å². The summed E-state index contributed by atoms with van der Waals surface area (Å²) >= 11 is 0. The molecule has 0 saturated carbocycles. The zero-order chi connectivity index (χ0) is 13.5. The van der Waals surface area contributed by atoms with Crippen LogP contribution in [0.2, 0.25) is 0 Å². The van der Waals surface area contributed by atoms with E-state index in [0.29, 0.717) is 0 Å². The van der Waals surface area contributed by atoms with Gasteiger partial charge in [0.25, 0.3) is 0 Å². The molecule has 0 unspecified atom stereocenters.